The van der Waals surface area contributed by atoms with Crippen molar-refractivity contribution in [3.8, 4) is 11.4 Å². The van der Waals surface area contributed by atoms with Gasteiger partial charge in [0.25, 0.3) is 0 Å². The number of hydrogen-bond acceptors (Lipinski definition) is 5. The van der Waals surface area contributed by atoms with E-state index in [4.69, 9.17) is 4.52 Å². The molecule has 0 amide bonds. The number of benzene rings is 1. The summed E-state index contributed by atoms with van der Waals surface area (Å²) >= 11 is 0. The number of aromatic nitrogens is 5. The second-order valence-electron chi connectivity index (χ2n) is 6.68. The van der Waals surface area contributed by atoms with Gasteiger partial charge in [0, 0.05) is 11.0 Å². The first-order valence-electron chi connectivity index (χ1n) is 7.81. The standard InChI is InChI=1S/C16H19N5O/c1-10(2)9-16(6-3-7-16)15-17-14(20-22-15)11-4-5-12-13(8-11)19-21-18-12/h4-5,8,10H,3,6-7,9H2,1-2H3,(H,18,19,21). The smallest absolute Gasteiger partial charge is 0.233 e. The van der Waals surface area contributed by atoms with Crippen LogP contribution in [0.4, 0.5) is 0 Å². The fourth-order valence-electron chi connectivity index (χ4n) is 3.43. The molecule has 114 valence electrons. The Labute approximate surface area is 128 Å². The molecule has 1 aliphatic rings. The van der Waals surface area contributed by atoms with E-state index in [0.29, 0.717) is 11.7 Å². The van der Waals surface area contributed by atoms with Crippen molar-refractivity contribution < 1.29 is 4.52 Å². The summed E-state index contributed by atoms with van der Waals surface area (Å²) in [5, 5.41) is 15.0. The van der Waals surface area contributed by atoms with Crippen LogP contribution in [0, 0.1) is 5.92 Å². The van der Waals surface area contributed by atoms with Crippen molar-refractivity contribution in [1.82, 2.24) is 25.6 Å². The summed E-state index contributed by atoms with van der Waals surface area (Å²) in [5.74, 6) is 2.06. The lowest BCUT2D eigenvalue weighted by atomic mass is 9.64. The van der Waals surface area contributed by atoms with Crippen molar-refractivity contribution in [2.24, 2.45) is 5.92 Å². The highest BCUT2D eigenvalue weighted by atomic mass is 16.5. The van der Waals surface area contributed by atoms with E-state index < -0.39 is 0 Å². The van der Waals surface area contributed by atoms with Crippen LogP contribution in [0.1, 0.15) is 45.4 Å². The third kappa shape index (κ3) is 2.10. The maximum absolute atomic E-state index is 5.62. The van der Waals surface area contributed by atoms with Gasteiger partial charge >= 0.3 is 0 Å². The maximum Gasteiger partial charge on any atom is 0.233 e. The van der Waals surface area contributed by atoms with Crippen LogP contribution in [0.15, 0.2) is 22.7 Å². The lowest BCUT2D eigenvalue weighted by molar-refractivity contribution is 0.144. The Kier molecular flexibility index (Phi) is 2.99. The van der Waals surface area contributed by atoms with Gasteiger partial charge in [0.1, 0.15) is 11.0 Å². The van der Waals surface area contributed by atoms with E-state index in [-0.39, 0.29) is 5.41 Å². The van der Waals surface area contributed by atoms with E-state index in [1.165, 1.54) is 6.42 Å². The third-order valence-corrected chi connectivity index (χ3v) is 4.56. The normalized spacial score (nSPS) is 17.0. The van der Waals surface area contributed by atoms with E-state index in [1.54, 1.807) is 0 Å². The van der Waals surface area contributed by atoms with Crippen LogP contribution in [0.5, 0.6) is 0 Å². The predicted molar refractivity (Wildman–Crippen MR) is 82.2 cm³/mol. The zero-order valence-electron chi connectivity index (χ0n) is 12.8. The van der Waals surface area contributed by atoms with Gasteiger partial charge in [0.05, 0.1) is 0 Å². The average molecular weight is 297 g/mol. The molecule has 4 rings (SSSR count). The molecule has 0 bridgehead atoms. The van der Waals surface area contributed by atoms with Gasteiger partial charge in [0.2, 0.25) is 11.7 Å². The summed E-state index contributed by atoms with van der Waals surface area (Å²) in [4.78, 5) is 4.68. The molecule has 6 nitrogen and oxygen atoms in total. The summed E-state index contributed by atoms with van der Waals surface area (Å²) in [6.45, 7) is 4.49. The van der Waals surface area contributed by atoms with E-state index in [0.717, 1.165) is 41.8 Å². The van der Waals surface area contributed by atoms with Gasteiger partial charge in [-0.05, 0) is 43.4 Å². The molecular formula is C16H19N5O. The Morgan fingerprint density at radius 3 is 2.77 bits per heavy atom. The fraction of sp³-hybridized carbons (Fsp3) is 0.500. The Hall–Kier alpha value is -2.24. The molecule has 0 aliphatic heterocycles. The molecule has 22 heavy (non-hydrogen) atoms. The van der Waals surface area contributed by atoms with Crippen molar-refractivity contribution in [3.05, 3.63) is 24.1 Å². The Balaban J connectivity index is 1.68. The lowest BCUT2D eigenvalue weighted by Crippen LogP contribution is -2.36. The van der Waals surface area contributed by atoms with Gasteiger partial charge < -0.3 is 4.52 Å². The van der Waals surface area contributed by atoms with Crippen LogP contribution >= 0.6 is 0 Å². The molecule has 0 unspecified atom stereocenters. The molecule has 1 N–H and O–H groups in total. The number of rotatable bonds is 4. The molecule has 2 aromatic heterocycles. The molecule has 6 heteroatoms. The molecule has 1 fully saturated rings. The largest absolute Gasteiger partial charge is 0.338 e. The summed E-state index contributed by atoms with van der Waals surface area (Å²) < 4.78 is 5.62. The molecule has 0 radical (unpaired) electrons. The van der Waals surface area contributed by atoms with Crippen LogP contribution < -0.4 is 0 Å². The minimum absolute atomic E-state index is 0.0947. The van der Waals surface area contributed by atoms with E-state index in [1.807, 2.05) is 18.2 Å². The van der Waals surface area contributed by atoms with Crippen LogP contribution in [0.25, 0.3) is 22.4 Å². The Morgan fingerprint density at radius 1 is 1.23 bits per heavy atom. The maximum atomic E-state index is 5.62. The number of H-pyrrole nitrogens is 1. The van der Waals surface area contributed by atoms with Crippen LogP contribution in [-0.2, 0) is 5.41 Å². The van der Waals surface area contributed by atoms with Crippen molar-refractivity contribution in [2.45, 2.75) is 44.9 Å². The highest BCUT2D eigenvalue weighted by Crippen LogP contribution is 2.47. The summed E-state index contributed by atoms with van der Waals surface area (Å²) in [6.07, 6.45) is 4.65. The SMILES string of the molecule is CC(C)CC1(c2nc(-c3ccc4n[nH]nc4c3)no2)CCC1. The Morgan fingerprint density at radius 2 is 2.05 bits per heavy atom. The van der Waals surface area contributed by atoms with Gasteiger partial charge in [-0.2, -0.15) is 20.4 Å². The summed E-state index contributed by atoms with van der Waals surface area (Å²) in [7, 11) is 0. The van der Waals surface area contributed by atoms with Gasteiger partial charge in [0.15, 0.2) is 0 Å². The summed E-state index contributed by atoms with van der Waals surface area (Å²) in [6, 6.07) is 5.80. The Bertz CT molecular complexity index is 800. The average Bonchev–Trinajstić information content (AvgIpc) is 3.10. The topological polar surface area (TPSA) is 80.5 Å². The first-order chi connectivity index (χ1) is 10.7. The number of fused-ring (bicyclic) bond motifs is 1. The number of nitrogens with one attached hydrogen (secondary N) is 1. The zero-order chi connectivity index (χ0) is 15.2. The van der Waals surface area contributed by atoms with E-state index in [2.05, 4.69) is 39.4 Å². The van der Waals surface area contributed by atoms with E-state index in [9.17, 15) is 0 Å². The second kappa shape index (κ2) is 4.90. The van der Waals surface area contributed by atoms with E-state index >= 15 is 0 Å². The molecule has 3 aromatic rings. The van der Waals surface area contributed by atoms with Crippen LogP contribution in [0.3, 0.4) is 0 Å². The number of aromatic amines is 1. The molecule has 0 saturated heterocycles. The minimum atomic E-state index is 0.0947. The fourth-order valence-corrected chi connectivity index (χ4v) is 3.43. The van der Waals surface area contributed by atoms with Crippen molar-refractivity contribution in [2.75, 3.05) is 0 Å². The molecular weight excluding hydrogens is 278 g/mol. The van der Waals surface area contributed by atoms with Crippen molar-refractivity contribution >= 4 is 11.0 Å². The monoisotopic (exact) mass is 297 g/mol. The molecule has 0 spiro atoms. The zero-order valence-corrected chi connectivity index (χ0v) is 12.8. The van der Waals surface area contributed by atoms with Crippen LogP contribution in [-0.4, -0.2) is 25.6 Å². The first-order valence-corrected chi connectivity index (χ1v) is 7.81. The number of nitrogens with zero attached hydrogens (tertiary/aromatic N) is 4. The molecule has 0 atom stereocenters. The molecule has 1 aliphatic carbocycles. The predicted octanol–water partition coefficient (Wildman–Crippen LogP) is 3.48. The summed E-state index contributed by atoms with van der Waals surface area (Å²) in [5.41, 5.74) is 2.65. The van der Waals surface area contributed by atoms with Crippen molar-refractivity contribution in [3.63, 3.8) is 0 Å². The first kappa shape index (κ1) is 13.4. The molecule has 1 saturated carbocycles. The molecule has 1 aromatic carbocycles. The third-order valence-electron chi connectivity index (χ3n) is 4.56. The highest BCUT2D eigenvalue weighted by Gasteiger charge is 2.44. The van der Waals surface area contributed by atoms with Gasteiger partial charge in [-0.15, -0.1) is 0 Å². The van der Waals surface area contributed by atoms with Gasteiger partial charge in [-0.25, -0.2) is 0 Å². The van der Waals surface area contributed by atoms with Gasteiger partial charge in [-0.1, -0.05) is 25.4 Å². The second-order valence-corrected chi connectivity index (χ2v) is 6.68. The highest BCUT2D eigenvalue weighted by molar-refractivity contribution is 5.79. The lowest BCUT2D eigenvalue weighted by Gasteiger charge is -2.39. The minimum Gasteiger partial charge on any atom is -0.338 e. The quantitative estimate of drug-likeness (QED) is 0.797. The van der Waals surface area contributed by atoms with Gasteiger partial charge in [-0.3, -0.25) is 0 Å². The molecule has 2 heterocycles. The van der Waals surface area contributed by atoms with Crippen LogP contribution in [0.2, 0.25) is 0 Å². The van der Waals surface area contributed by atoms with Crippen molar-refractivity contribution in [1.29, 1.82) is 0 Å². The number of hydrogen-bond donors (Lipinski definition) is 1.